The second-order valence-corrected chi connectivity index (χ2v) is 10.6. The predicted molar refractivity (Wildman–Crippen MR) is 119 cm³/mol. The van der Waals surface area contributed by atoms with Crippen LogP contribution in [0.25, 0.3) is 0 Å². The number of likely N-dealkylation sites (N-methyl/N-ethyl adjacent to an activating group) is 1. The first-order chi connectivity index (χ1) is 14.9. The van der Waals surface area contributed by atoms with Crippen molar-refractivity contribution in [1.29, 1.82) is 0 Å². The number of hydrogen-bond donors (Lipinski definition) is 2. The lowest BCUT2D eigenvalue weighted by atomic mass is 9.85. The highest BCUT2D eigenvalue weighted by molar-refractivity contribution is 5.90. The molecule has 0 aliphatic carbocycles. The Morgan fingerprint density at radius 1 is 1.38 bits per heavy atom. The highest BCUT2D eigenvalue weighted by atomic mass is 16.5. The number of β-amino-alcohol motifs (C(OH)–C–C–N with tert-alkyl or cyclic N) is 1. The van der Waals surface area contributed by atoms with Crippen molar-refractivity contribution in [3.63, 3.8) is 0 Å². The van der Waals surface area contributed by atoms with Crippen LogP contribution < -0.4 is 5.32 Å². The van der Waals surface area contributed by atoms with Gasteiger partial charge in [-0.25, -0.2) is 4.68 Å². The Bertz CT molecular complexity index is 818. The van der Waals surface area contributed by atoms with Crippen LogP contribution in [-0.4, -0.2) is 99.3 Å². The third kappa shape index (κ3) is 5.65. The summed E-state index contributed by atoms with van der Waals surface area (Å²) in [4.78, 5) is 29.7. The lowest BCUT2D eigenvalue weighted by Crippen LogP contribution is -2.49. The van der Waals surface area contributed by atoms with Crippen LogP contribution in [0, 0.1) is 5.41 Å². The number of rotatable bonds is 6. The van der Waals surface area contributed by atoms with Crippen LogP contribution in [-0.2, 0) is 20.7 Å². The zero-order valence-corrected chi connectivity index (χ0v) is 20.2. The molecule has 2 amide bonds. The Balaban J connectivity index is 1.74. The third-order valence-electron chi connectivity index (χ3n) is 6.18. The fourth-order valence-corrected chi connectivity index (χ4v) is 4.64. The maximum absolute atomic E-state index is 13.6. The smallest absolute Gasteiger partial charge is 0.248 e. The summed E-state index contributed by atoms with van der Waals surface area (Å²) >= 11 is 0. The minimum atomic E-state index is -0.717. The summed E-state index contributed by atoms with van der Waals surface area (Å²) < 4.78 is 7.39. The molecule has 0 aromatic carbocycles. The molecule has 2 unspecified atom stereocenters. The lowest BCUT2D eigenvalue weighted by molar-refractivity contribution is -0.144. The molecule has 180 valence electrons. The van der Waals surface area contributed by atoms with Crippen molar-refractivity contribution in [2.24, 2.45) is 5.41 Å². The van der Waals surface area contributed by atoms with E-state index >= 15 is 0 Å². The first-order valence-electron chi connectivity index (χ1n) is 11.4. The monoisotopic (exact) mass is 450 g/mol. The molecule has 2 fully saturated rings. The van der Waals surface area contributed by atoms with Gasteiger partial charge in [0.25, 0.3) is 0 Å². The Kier molecular flexibility index (Phi) is 7.26. The molecule has 10 nitrogen and oxygen atoms in total. The van der Waals surface area contributed by atoms with Gasteiger partial charge in [0.15, 0.2) is 0 Å². The second kappa shape index (κ2) is 9.44. The number of carbonyl (C=O) groups excluding carboxylic acids is 2. The number of likely N-dealkylation sites (tertiary alicyclic amines) is 1. The van der Waals surface area contributed by atoms with Crippen LogP contribution in [0.1, 0.15) is 52.8 Å². The van der Waals surface area contributed by atoms with Crippen molar-refractivity contribution in [2.45, 2.75) is 71.2 Å². The number of nitrogens with zero attached hydrogens (tertiary/aromatic N) is 5. The minimum Gasteiger partial charge on any atom is -0.391 e. The third-order valence-corrected chi connectivity index (χ3v) is 6.18. The molecule has 0 saturated carbocycles. The summed E-state index contributed by atoms with van der Waals surface area (Å²) in [6.45, 7) is 13.5. The quantitative estimate of drug-likeness (QED) is 0.638. The zero-order chi connectivity index (χ0) is 23.7. The molecule has 32 heavy (non-hydrogen) atoms. The van der Waals surface area contributed by atoms with Crippen LogP contribution >= 0.6 is 0 Å². The molecule has 0 radical (unpaired) electrons. The van der Waals surface area contributed by atoms with Crippen molar-refractivity contribution in [1.82, 2.24) is 30.1 Å². The summed E-state index contributed by atoms with van der Waals surface area (Å²) in [6.07, 6.45) is 2.08. The van der Waals surface area contributed by atoms with Gasteiger partial charge in [-0.1, -0.05) is 26.0 Å². The molecule has 0 spiro atoms. The molecular formula is C22H38N6O4. The van der Waals surface area contributed by atoms with E-state index in [9.17, 15) is 14.7 Å². The number of nitrogens with one attached hydrogen (secondary N) is 1. The maximum atomic E-state index is 13.6. The van der Waals surface area contributed by atoms with E-state index in [-0.39, 0.29) is 30.4 Å². The number of aliphatic hydroxyl groups excluding tert-OH is 1. The van der Waals surface area contributed by atoms with Crippen molar-refractivity contribution >= 4 is 11.8 Å². The average molecular weight is 451 g/mol. The summed E-state index contributed by atoms with van der Waals surface area (Å²) in [5, 5.41) is 21.3. The van der Waals surface area contributed by atoms with Gasteiger partial charge in [0.1, 0.15) is 12.1 Å². The number of carbonyl (C=O) groups is 2. The zero-order valence-electron chi connectivity index (χ0n) is 20.2. The first-order valence-corrected chi connectivity index (χ1v) is 11.4. The van der Waals surface area contributed by atoms with E-state index < -0.39 is 23.6 Å². The van der Waals surface area contributed by atoms with Gasteiger partial charge >= 0.3 is 0 Å². The lowest BCUT2D eigenvalue weighted by Gasteiger charge is -2.38. The fraction of sp³-hybridized carbons (Fsp3) is 0.818. The van der Waals surface area contributed by atoms with Crippen LogP contribution in [0.5, 0.6) is 0 Å². The number of amides is 2. The summed E-state index contributed by atoms with van der Waals surface area (Å²) in [7, 11) is 1.54. The standard InChI is InChI=1S/C22H38N6O4/c1-21(2,3)18(20(31)27-13-16(29)11-17(27)19(30)23-6)28-12-15(24-25-28)7-8-26-9-10-32-22(4,5)14-26/h12,16-18,29H,7-11,13-14H2,1-6H3,(H,23,30)/t16?,17?,18-/m1/s1. The molecule has 2 aliphatic rings. The number of hydrogen-bond acceptors (Lipinski definition) is 7. The summed E-state index contributed by atoms with van der Waals surface area (Å²) in [5.74, 6) is -0.496. The normalized spacial score (nSPS) is 25.0. The largest absolute Gasteiger partial charge is 0.391 e. The number of aliphatic hydroxyl groups is 1. The van der Waals surface area contributed by atoms with Gasteiger partial charge in [-0.15, -0.1) is 5.10 Å². The Hall–Kier alpha value is -2.04. The predicted octanol–water partition coefficient (Wildman–Crippen LogP) is 0.226. The molecule has 3 atom stereocenters. The molecule has 1 aromatic rings. The van der Waals surface area contributed by atoms with Gasteiger partial charge in [0.2, 0.25) is 11.8 Å². The van der Waals surface area contributed by atoms with E-state index in [1.54, 1.807) is 4.68 Å². The molecule has 10 heteroatoms. The van der Waals surface area contributed by atoms with E-state index in [1.165, 1.54) is 11.9 Å². The Morgan fingerprint density at radius 2 is 2.09 bits per heavy atom. The van der Waals surface area contributed by atoms with Gasteiger partial charge in [-0.3, -0.25) is 14.5 Å². The van der Waals surface area contributed by atoms with Gasteiger partial charge in [-0.05, 0) is 19.3 Å². The van der Waals surface area contributed by atoms with Crippen molar-refractivity contribution in [3.8, 4) is 0 Å². The molecule has 3 heterocycles. The van der Waals surface area contributed by atoms with Crippen molar-refractivity contribution in [3.05, 3.63) is 11.9 Å². The van der Waals surface area contributed by atoms with Gasteiger partial charge in [0, 0.05) is 52.3 Å². The van der Waals surface area contributed by atoms with Crippen molar-refractivity contribution < 1.29 is 19.4 Å². The maximum Gasteiger partial charge on any atom is 0.248 e. The Labute approximate surface area is 190 Å². The highest BCUT2D eigenvalue weighted by Crippen LogP contribution is 2.34. The van der Waals surface area contributed by atoms with Gasteiger partial charge < -0.3 is 20.1 Å². The van der Waals surface area contributed by atoms with Crippen LogP contribution in [0.3, 0.4) is 0 Å². The van der Waals surface area contributed by atoms with E-state index in [1.807, 2.05) is 27.0 Å². The van der Waals surface area contributed by atoms with Crippen molar-refractivity contribution in [2.75, 3.05) is 39.8 Å². The minimum absolute atomic E-state index is 0.137. The van der Waals surface area contributed by atoms with E-state index in [2.05, 4.69) is 34.4 Å². The van der Waals surface area contributed by atoms with E-state index in [4.69, 9.17) is 4.74 Å². The SMILES string of the molecule is CNC(=O)C1CC(O)CN1C(=O)[C@@H](n1cc(CCN2CCOC(C)(C)C2)nn1)C(C)(C)C. The number of aromatic nitrogens is 3. The van der Waals surface area contributed by atoms with Crippen LogP contribution in [0.4, 0.5) is 0 Å². The van der Waals surface area contributed by atoms with Gasteiger partial charge in [0.05, 0.1) is 24.0 Å². The first kappa shape index (κ1) is 24.6. The number of morpholine rings is 1. The van der Waals surface area contributed by atoms with Crippen LogP contribution in [0.2, 0.25) is 0 Å². The number of ether oxygens (including phenoxy) is 1. The fourth-order valence-electron chi connectivity index (χ4n) is 4.64. The molecule has 2 N–H and O–H groups in total. The van der Waals surface area contributed by atoms with E-state index in [0.717, 1.165) is 31.7 Å². The summed E-state index contributed by atoms with van der Waals surface area (Å²) in [6, 6.07) is -1.32. The molecule has 2 aliphatic heterocycles. The van der Waals surface area contributed by atoms with Gasteiger partial charge in [-0.2, -0.15) is 0 Å². The topological polar surface area (TPSA) is 113 Å². The molecule has 1 aromatic heterocycles. The molecule has 3 rings (SSSR count). The molecular weight excluding hydrogens is 412 g/mol. The highest BCUT2D eigenvalue weighted by Gasteiger charge is 2.45. The molecule has 2 saturated heterocycles. The Morgan fingerprint density at radius 3 is 2.72 bits per heavy atom. The molecule has 0 bridgehead atoms. The van der Waals surface area contributed by atoms with E-state index in [0.29, 0.717) is 6.61 Å². The average Bonchev–Trinajstić information content (AvgIpc) is 3.30. The second-order valence-electron chi connectivity index (χ2n) is 10.6. The van der Waals surface area contributed by atoms with Crippen LogP contribution in [0.15, 0.2) is 6.20 Å². The summed E-state index contributed by atoms with van der Waals surface area (Å²) in [5.41, 5.74) is 0.207.